The van der Waals surface area contributed by atoms with Crippen molar-refractivity contribution in [1.29, 1.82) is 0 Å². The minimum Gasteiger partial charge on any atom is -0.507 e. The quantitative estimate of drug-likeness (QED) is 0.563. The zero-order valence-electron chi connectivity index (χ0n) is 14.5. The number of hydrogen-bond donors (Lipinski definition) is 4. The molecule has 0 aliphatic heterocycles. The van der Waals surface area contributed by atoms with Crippen molar-refractivity contribution in [1.82, 2.24) is 5.32 Å². The number of phenols is 1. The van der Waals surface area contributed by atoms with Gasteiger partial charge in [-0.05, 0) is 49.4 Å². The number of nitrogens with one attached hydrogen (secondary N) is 1. The zero-order valence-corrected chi connectivity index (χ0v) is 14.5. The van der Waals surface area contributed by atoms with Gasteiger partial charge in [0.05, 0.1) is 11.7 Å². The molecule has 2 aromatic carbocycles. The molecule has 0 spiro atoms. The Hall–Kier alpha value is -2.37. The zero-order chi connectivity index (χ0) is 18.2. The average Bonchev–Trinajstić information content (AvgIpc) is 2.60. The van der Waals surface area contributed by atoms with Gasteiger partial charge < -0.3 is 21.3 Å². The predicted molar refractivity (Wildman–Crippen MR) is 98.4 cm³/mol. The van der Waals surface area contributed by atoms with Gasteiger partial charge in [-0.1, -0.05) is 36.4 Å². The van der Waals surface area contributed by atoms with Crippen LogP contribution in [0, 0.1) is 0 Å². The third-order valence-electron chi connectivity index (χ3n) is 4.28. The van der Waals surface area contributed by atoms with E-state index < -0.39 is 12.0 Å². The summed E-state index contributed by atoms with van der Waals surface area (Å²) in [5, 5.41) is 23.2. The van der Waals surface area contributed by atoms with Crippen molar-refractivity contribution in [3.8, 4) is 5.75 Å². The topological polar surface area (TPSA) is 95.6 Å². The van der Waals surface area contributed by atoms with Gasteiger partial charge in [-0.2, -0.15) is 0 Å². The number of rotatable bonds is 9. The average molecular weight is 342 g/mol. The number of aliphatic hydroxyl groups is 1. The number of aliphatic hydroxyl groups excluding tert-OH is 1. The molecule has 0 heterocycles. The molecule has 5 N–H and O–H groups in total. The number of amides is 1. The summed E-state index contributed by atoms with van der Waals surface area (Å²) in [5.74, 6) is -0.889. The fourth-order valence-corrected chi connectivity index (χ4v) is 2.75. The fraction of sp³-hybridized carbons (Fsp3) is 0.350. The van der Waals surface area contributed by atoms with Gasteiger partial charge in [-0.15, -0.1) is 0 Å². The summed E-state index contributed by atoms with van der Waals surface area (Å²) >= 11 is 0. The van der Waals surface area contributed by atoms with Crippen molar-refractivity contribution in [3.63, 3.8) is 0 Å². The largest absolute Gasteiger partial charge is 0.507 e. The van der Waals surface area contributed by atoms with E-state index in [9.17, 15) is 15.0 Å². The molecule has 0 aromatic heterocycles. The standard InChI is InChI=1S/C20H26N2O3/c1-14(6-5-9-15-7-3-2-4-8-15)22-13-19(24)16-10-11-18(23)17(12-16)20(21)25/h2-4,7-8,10-12,14,19,22-24H,5-6,9,13H2,1H3,(H2,21,25)/t14-,19+/m0/s1. The van der Waals surface area contributed by atoms with Crippen LogP contribution in [-0.4, -0.2) is 28.7 Å². The number of primary amides is 1. The van der Waals surface area contributed by atoms with Crippen molar-refractivity contribution in [3.05, 3.63) is 65.2 Å². The lowest BCUT2D eigenvalue weighted by Gasteiger charge is -2.18. The molecule has 2 rings (SSSR count). The van der Waals surface area contributed by atoms with E-state index in [0.29, 0.717) is 12.1 Å². The molecule has 134 valence electrons. The summed E-state index contributed by atoms with van der Waals surface area (Å²) < 4.78 is 0. The molecule has 0 bridgehead atoms. The van der Waals surface area contributed by atoms with E-state index in [1.165, 1.54) is 17.7 Å². The summed E-state index contributed by atoms with van der Waals surface area (Å²) in [7, 11) is 0. The van der Waals surface area contributed by atoms with Gasteiger partial charge in [0.1, 0.15) is 5.75 Å². The van der Waals surface area contributed by atoms with Crippen molar-refractivity contribution in [2.24, 2.45) is 5.73 Å². The lowest BCUT2D eigenvalue weighted by molar-refractivity contribution is 0.0997. The lowest BCUT2D eigenvalue weighted by Crippen LogP contribution is -2.30. The van der Waals surface area contributed by atoms with Crippen LogP contribution in [0.3, 0.4) is 0 Å². The van der Waals surface area contributed by atoms with Crippen LogP contribution in [0.15, 0.2) is 48.5 Å². The second-order valence-electron chi connectivity index (χ2n) is 6.34. The first-order valence-electron chi connectivity index (χ1n) is 8.55. The van der Waals surface area contributed by atoms with Gasteiger partial charge in [0.25, 0.3) is 5.91 Å². The highest BCUT2D eigenvalue weighted by Gasteiger charge is 2.14. The van der Waals surface area contributed by atoms with Crippen LogP contribution in [0.25, 0.3) is 0 Å². The maximum Gasteiger partial charge on any atom is 0.252 e. The van der Waals surface area contributed by atoms with Crippen LogP contribution in [0.2, 0.25) is 0 Å². The predicted octanol–water partition coefficient (Wildman–Crippen LogP) is 2.53. The number of aromatic hydroxyl groups is 1. The van der Waals surface area contributed by atoms with Crippen LogP contribution in [0.1, 0.15) is 47.4 Å². The number of aryl methyl sites for hydroxylation is 1. The maximum atomic E-state index is 11.3. The fourth-order valence-electron chi connectivity index (χ4n) is 2.75. The smallest absolute Gasteiger partial charge is 0.252 e. The Balaban J connectivity index is 1.78. The van der Waals surface area contributed by atoms with Crippen LogP contribution in [0.5, 0.6) is 5.75 Å². The molecule has 5 heteroatoms. The lowest BCUT2D eigenvalue weighted by atomic mass is 10.0. The molecular weight excluding hydrogens is 316 g/mol. The molecule has 0 fully saturated rings. The summed E-state index contributed by atoms with van der Waals surface area (Å²) in [6, 6.07) is 15.0. The summed E-state index contributed by atoms with van der Waals surface area (Å²) in [6.07, 6.45) is 2.34. The molecule has 2 aromatic rings. The Morgan fingerprint density at radius 1 is 1.20 bits per heavy atom. The van der Waals surface area contributed by atoms with Gasteiger partial charge in [-0.3, -0.25) is 4.79 Å². The normalized spacial score (nSPS) is 13.4. The highest BCUT2D eigenvalue weighted by atomic mass is 16.3. The van der Waals surface area contributed by atoms with Gasteiger partial charge in [0.2, 0.25) is 0 Å². The monoisotopic (exact) mass is 342 g/mol. The molecule has 0 saturated carbocycles. The molecule has 1 amide bonds. The number of carbonyl (C=O) groups excluding carboxylic acids is 1. The molecule has 0 unspecified atom stereocenters. The van der Waals surface area contributed by atoms with Crippen molar-refractivity contribution in [2.75, 3.05) is 6.54 Å². The van der Waals surface area contributed by atoms with Crippen LogP contribution < -0.4 is 11.1 Å². The minimum atomic E-state index is -0.768. The van der Waals surface area contributed by atoms with E-state index in [2.05, 4.69) is 24.4 Å². The minimum absolute atomic E-state index is 0.0208. The van der Waals surface area contributed by atoms with Crippen molar-refractivity contribution < 1.29 is 15.0 Å². The van der Waals surface area contributed by atoms with E-state index >= 15 is 0 Å². The van der Waals surface area contributed by atoms with Gasteiger partial charge >= 0.3 is 0 Å². The molecule has 2 atom stereocenters. The molecule has 5 nitrogen and oxygen atoms in total. The second kappa shape index (κ2) is 9.20. The molecule has 0 aliphatic carbocycles. The maximum absolute atomic E-state index is 11.3. The Bertz CT molecular complexity index is 689. The Morgan fingerprint density at radius 2 is 1.92 bits per heavy atom. The molecule has 0 aliphatic rings. The van der Waals surface area contributed by atoms with Gasteiger partial charge in [-0.25, -0.2) is 0 Å². The van der Waals surface area contributed by atoms with E-state index in [4.69, 9.17) is 5.73 Å². The van der Waals surface area contributed by atoms with Crippen LogP contribution in [-0.2, 0) is 6.42 Å². The van der Waals surface area contributed by atoms with E-state index in [1.54, 1.807) is 6.07 Å². The molecule has 0 saturated heterocycles. The summed E-state index contributed by atoms with van der Waals surface area (Å²) in [6.45, 7) is 2.46. The second-order valence-corrected chi connectivity index (χ2v) is 6.34. The van der Waals surface area contributed by atoms with Crippen molar-refractivity contribution in [2.45, 2.75) is 38.3 Å². The number of carbonyl (C=O) groups is 1. The van der Waals surface area contributed by atoms with Gasteiger partial charge in [0.15, 0.2) is 0 Å². The van der Waals surface area contributed by atoms with E-state index in [1.807, 2.05) is 18.2 Å². The van der Waals surface area contributed by atoms with E-state index in [0.717, 1.165) is 19.3 Å². The number of hydrogen-bond acceptors (Lipinski definition) is 4. The third-order valence-corrected chi connectivity index (χ3v) is 4.28. The highest BCUT2D eigenvalue weighted by molar-refractivity contribution is 5.95. The van der Waals surface area contributed by atoms with Gasteiger partial charge in [0, 0.05) is 12.6 Å². The SMILES string of the molecule is C[C@@H](CCCc1ccccc1)NC[C@@H](O)c1ccc(O)c(C(N)=O)c1. The van der Waals surface area contributed by atoms with E-state index in [-0.39, 0.29) is 17.4 Å². The number of benzene rings is 2. The Kier molecular flexibility index (Phi) is 6.98. The first-order chi connectivity index (χ1) is 12.0. The molecular formula is C20H26N2O3. The molecule has 0 radical (unpaired) electrons. The summed E-state index contributed by atoms with van der Waals surface area (Å²) in [4.78, 5) is 11.3. The Morgan fingerprint density at radius 3 is 2.60 bits per heavy atom. The molecule has 25 heavy (non-hydrogen) atoms. The van der Waals surface area contributed by atoms with Crippen molar-refractivity contribution >= 4 is 5.91 Å². The summed E-state index contributed by atoms with van der Waals surface area (Å²) in [5.41, 5.74) is 7.12. The third kappa shape index (κ3) is 5.89. The Labute approximate surface area is 148 Å². The first kappa shape index (κ1) is 19.0. The first-order valence-corrected chi connectivity index (χ1v) is 8.55. The van der Waals surface area contributed by atoms with Crippen LogP contribution in [0.4, 0.5) is 0 Å². The number of nitrogens with two attached hydrogens (primary N) is 1. The van der Waals surface area contributed by atoms with Crippen LogP contribution >= 0.6 is 0 Å². The highest BCUT2D eigenvalue weighted by Crippen LogP contribution is 2.22.